The van der Waals surface area contributed by atoms with Crippen LogP contribution >= 0.6 is 27.3 Å². The molecule has 4 aromatic rings. The van der Waals surface area contributed by atoms with Gasteiger partial charge in [-0.1, -0.05) is 41.7 Å². The van der Waals surface area contributed by atoms with E-state index in [2.05, 4.69) is 27.0 Å². The van der Waals surface area contributed by atoms with Crippen molar-refractivity contribution in [1.82, 2.24) is 4.57 Å². The zero-order valence-corrected chi connectivity index (χ0v) is 25.5. The fraction of sp³-hybridized carbons (Fsp3) is 0.188. The van der Waals surface area contributed by atoms with Crippen LogP contribution in [0, 0.1) is 11.3 Å². The molecule has 0 fully saturated rings. The van der Waals surface area contributed by atoms with Gasteiger partial charge >= 0.3 is 5.97 Å². The van der Waals surface area contributed by atoms with Crippen molar-refractivity contribution in [1.29, 1.82) is 5.26 Å². The number of nitrogens with zero attached hydrogens (tertiary/aromatic N) is 3. The van der Waals surface area contributed by atoms with E-state index < -0.39 is 12.0 Å². The van der Waals surface area contributed by atoms with Crippen molar-refractivity contribution >= 4 is 39.3 Å². The maximum Gasteiger partial charge on any atom is 0.338 e. The number of thiazole rings is 1. The minimum atomic E-state index is -0.720. The van der Waals surface area contributed by atoms with Crippen LogP contribution < -0.4 is 24.4 Å². The first-order chi connectivity index (χ1) is 20.3. The lowest BCUT2D eigenvalue weighted by Crippen LogP contribution is -2.39. The lowest BCUT2D eigenvalue weighted by Gasteiger charge is -2.25. The van der Waals surface area contributed by atoms with Gasteiger partial charge in [-0.15, -0.1) is 0 Å². The number of carbonyl (C=O) groups is 1. The predicted molar refractivity (Wildman–Crippen MR) is 163 cm³/mol. The number of halogens is 1. The van der Waals surface area contributed by atoms with Crippen LogP contribution in [0.3, 0.4) is 0 Å². The molecule has 1 aliphatic heterocycles. The molecule has 0 amide bonds. The van der Waals surface area contributed by atoms with Crippen LogP contribution in [0.1, 0.15) is 42.1 Å². The zero-order valence-electron chi connectivity index (χ0n) is 23.1. The molecule has 0 saturated carbocycles. The summed E-state index contributed by atoms with van der Waals surface area (Å²) in [5, 5.41) is 8.98. The van der Waals surface area contributed by atoms with Gasteiger partial charge in [-0.2, -0.15) is 5.26 Å². The van der Waals surface area contributed by atoms with Crippen molar-refractivity contribution in [2.75, 3.05) is 13.7 Å². The first-order valence-corrected chi connectivity index (χ1v) is 14.7. The number of allylic oxidation sites excluding steroid dienone is 1. The first-order valence-electron chi connectivity index (χ1n) is 13.1. The zero-order chi connectivity index (χ0) is 29.8. The summed E-state index contributed by atoms with van der Waals surface area (Å²) in [4.78, 5) is 32.1. The average molecular weight is 645 g/mol. The lowest BCUT2D eigenvalue weighted by molar-refractivity contribution is -0.139. The fourth-order valence-corrected chi connectivity index (χ4v) is 6.19. The summed E-state index contributed by atoms with van der Waals surface area (Å²) in [5.41, 5.74) is 3.59. The Balaban J connectivity index is 1.51. The Morgan fingerprint density at radius 2 is 1.95 bits per heavy atom. The third kappa shape index (κ3) is 5.93. The van der Waals surface area contributed by atoms with Crippen LogP contribution in [0.15, 0.2) is 92.3 Å². The molecule has 1 aromatic heterocycles. The molecule has 212 valence electrons. The molecular formula is C32H26BrN3O5S. The van der Waals surface area contributed by atoms with E-state index in [9.17, 15) is 9.59 Å². The fourth-order valence-electron chi connectivity index (χ4n) is 4.63. The second-order valence-electron chi connectivity index (χ2n) is 9.37. The average Bonchev–Trinajstić information content (AvgIpc) is 3.30. The molecule has 0 spiro atoms. The van der Waals surface area contributed by atoms with Gasteiger partial charge in [0.05, 0.1) is 51.7 Å². The largest absolute Gasteiger partial charge is 0.497 e. The minimum Gasteiger partial charge on any atom is -0.497 e. The molecule has 0 unspecified atom stereocenters. The Kier molecular flexibility index (Phi) is 8.71. The number of aromatic nitrogens is 1. The molecule has 42 heavy (non-hydrogen) atoms. The second kappa shape index (κ2) is 12.6. The van der Waals surface area contributed by atoms with Crippen LogP contribution in [-0.2, 0) is 16.1 Å². The van der Waals surface area contributed by atoms with Crippen LogP contribution in [0.2, 0.25) is 0 Å². The lowest BCUT2D eigenvalue weighted by atomic mass is 9.95. The number of fused-ring (bicyclic) bond motifs is 1. The summed E-state index contributed by atoms with van der Waals surface area (Å²) in [6.07, 6.45) is 1.80. The van der Waals surface area contributed by atoms with Crippen molar-refractivity contribution in [3.05, 3.63) is 124 Å². The number of carbonyl (C=O) groups excluding carboxylic acids is 1. The monoisotopic (exact) mass is 643 g/mol. The summed E-state index contributed by atoms with van der Waals surface area (Å²) >= 11 is 4.83. The van der Waals surface area contributed by atoms with E-state index >= 15 is 0 Å². The highest BCUT2D eigenvalue weighted by Crippen LogP contribution is 2.32. The summed E-state index contributed by atoms with van der Waals surface area (Å²) in [6, 6.07) is 21.5. The van der Waals surface area contributed by atoms with E-state index in [0.29, 0.717) is 49.8 Å². The highest BCUT2D eigenvalue weighted by Gasteiger charge is 2.33. The normalized spacial score (nSPS) is 14.5. The molecule has 0 aliphatic carbocycles. The van der Waals surface area contributed by atoms with Crippen molar-refractivity contribution < 1.29 is 19.0 Å². The van der Waals surface area contributed by atoms with E-state index in [4.69, 9.17) is 19.5 Å². The third-order valence-electron chi connectivity index (χ3n) is 6.66. The first kappa shape index (κ1) is 29.0. The van der Waals surface area contributed by atoms with Gasteiger partial charge in [0, 0.05) is 0 Å². The molecule has 0 N–H and O–H groups in total. The van der Waals surface area contributed by atoms with Crippen molar-refractivity contribution in [2.45, 2.75) is 26.5 Å². The van der Waals surface area contributed by atoms with Crippen molar-refractivity contribution in [3.8, 4) is 17.6 Å². The molecule has 3 aromatic carbocycles. The van der Waals surface area contributed by atoms with Crippen LogP contribution in [0.5, 0.6) is 11.5 Å². The number of methoxy groups -OCH3 is 1. The number of ether oxygens (including phenoxy) is 3. The second-order valence-corrected chi connectivity index (χ2v) is 11.2. The Bertz CT molecular complexity index is 1920. The van der Waals surface area contributed by atoms with E-state index in [1.807, 2.05) is 54.6 Å². The molecule has 5 rings (SSSR count). The Hall–Kier alpha value is -4.46. The molecule has 0 bridgehead atoms. The molecule has 1 atom stereocenters. The molecule has 2 heterocycles. The molecule has 1 aliphatic rings. The third-order valence-corrected chi connectivity index (χ3v) is 8.26. The standard InChI is InChI=1S/C32H26BrN3O5S/c1-4-40-31(38)28-19(2)35-32-36(29(28)23-6-5-7-24(16-23)39-3)30(37)27(42-32)15-22-12-13-26(25(33)14-22)41-18-21-10-8-20(17-34)9-11-21/h5-16,29H,4,18H2,1-3H3/b27-15-/t29-/m0/s1. The highest BCUT2D eigenvalue weighted by molar-refractivity contribution is 9.10. The summed E-state index contributed by atoms with van der Waals surface area (Å²) in [5.74, 6) is 0.742. The number of nitriles is 1. The summed E-state index contributed by atoms with van der Waals surface area (Å²) < 4.78 is 19.5. The summed E-state index contributed by atoms with van der Waals surface area (Å²) in [7, 11) is 1.57. The Morgan fingerprint density at radius 3 is 2.64 bits per heavy atom. The minimum absolute atomic E-state index is 0.201. The molecule has 0 saturated heterocycles. The number of hydrogen-bond donors (Lipinski definition) is 0. The number of rotatable bonds is 8. The summed E-state index contributed by atoms with van der Waals surface area (Å²) in [6.45, 7) is 4.04. The van der Waals surface area contributed by atoms with Crippen LogP contribution in [-0.4, -0.2) is 24.3 Å². The molecular weight excluding hydrogens is 618 g/mol. The molecule has 10 heteroatoms. The smallest absolute Gasteiger partial charge is 0.338 e. The van der Waals surface area contributed by atoms with Gasteiger partial charge in [0.1, 0.15) is 18.1 Å². The maximum atomic E-state index is 13.9. The Labute approximate surface area is 254 Å². The predicted octanol–water partition coefficient (Wildman–Crippen LogP) is 5.02. The van der Waals surface area contributed by atoms with Crippen LogP contribution in [0.4, 0.5) is 0 Å². The van der Waals surface area contributed by atoms with Gasteiger partial charge in [0.2, 0.25) is 0 Å². The van der Waals surface area contributed by atoms with E-state index in [1.165, 1.54) is 11.3 Å². The van der Waals surface area contributed by atoms with E-state index in [-0.39, 0.29) is 12.2 Å². The SMILES string of the molecule is CCOC(=O)C1=C(C)N=c2s/c(=C\c3ccc(OCc4ccc(C#N)cc4)c(Br)c3)c(=O)n2[C@H]1c1cccc(OC)c1. The maximum absolute atomic E-state index is 13.9. The quantitative estimate of drug-likeness (QED) is 0.250. The Morgan fingerprint density at radius 1 is 1.17 bits per heavy atom. The van der Waals surface area contributed by atoms with Crippen molar-refractivity contribution in [3.63, 3.8) is 0 Å². The topological polar surface area (TPSA) is 103 Å². The number of hydrogen-bond acceptors (Lipinski definition) is 8. The van der Waals surface area contributed by atoms with Gasteiger partial charge in [-0.3, -0.25) is 9.36 Å². The van der Waals surface area contributed by atoms with Gasteiger partial charge < -0.3 is 14.2 Å². The van der Waals surface area contributed by atoms with E-state index in [1.54, 1.807) is 43.7 Å². The van der Waals surface area contributed by atoms with Crippen LogP contribution in [0.25, 0.3) is 6.08 Å². The highest BCUT2D eigenvalue weighted by atomic mass is 79.9. The molecule has 8 nitrogen and oxygen atoms in total. The van der Waals surface area contributed by atoms with Gasteiger partial charge in [-0.05, 0) is 88.9 Å². The number of esters is 1. The van der Waals surface area contributed by atoms with E-state index in [0.717, 1.165) is 15.6 Å². The number of benzene rings is 3. The molecule has 0 radical (unpaired) electrons. The van der Waals surface area contributed by atoms with Crippen molar-refractivity contribution in [2.24, 2.45) is 4.99 Å². The van der Waals surface area contributed by atoms with Gasteiger partial charge in [-0.25, -0.2) is 9.79 Å². The van der Waals surface area contributed by atoms with Gasteiger partial charge in [0.15, 0.2) is 4.80 Å². The van der Waals surface area contributed by atoms with Gasteiger partial charge in [0.25, 0.3) is 5.56 Å².